The Balaban J connectivity index is 1.93. The van der Waals surface area contributed by atoms with Crippen molar-refractivity contribution in [1.29, 1.82) is 0 Å². The molecule has 3 amide bonds. The summed E-state index contributed by atoms with van der Waals surface area (Å²) < 4.78 is 0. The zero-order chi connectivity index (χ0) is 33.4. The van der Waals surface area contributed by atoms with E-state index < -0.39 is 42.3 Å². The first-order chi connectivity index (χ1) is 21.5. The van der Waals surface area contributed by atoms with Crippen LogP contribution in [0.1, 0.15) is 89.4 Å². The first kappa shape index (κ1) is 37.9. The predicted molar refractivity (Wildman–Crippen MR) is 169 cm³/mol. The molecule has 0 aromatic carbocycles. The number of ketones is 2. The zero-order valence-electron chi connectivity index (χ0n) is 27.2. The molecule has 45 heavy (non-hydrogen) atoms. The van der Waals surface area contributed by atoms with E-state index in [1.54, 1.807) is 18.3 Å². The van der Waals surface area contributed by atoms with Gasteiger partial charge in [-0.3, -0.25) is 34.3 Å². The Morgan fingerprint density at radius 2 is 1.71 bits per heavy atom. The Kier molecular flexibility index (Phi) is 16.8. The number of Topliss-reactive ketones (excluding diaryl/α,β-unsaturated/α-hetero) is 2. The van der Waals surface area contributed by atoms with E-state index in [9.17, 15) is 34.2 Å². The lowest BCUT2D eigenvalue weighted by Gasteiger charge is -2.32. The maximum absolute atomic E-state index is 13.7. The third kappa shape index (κ3) is 12.9. The van der Waals surface area contributed by atoms with Gasteiger partial charge in [-0.25, -0.2) is 0 Å². The van der Waals surface area contributed by atoms with E-state index in [-0.39, 0.29) is 56.1 Å². The number of carbonyl (C=O) groups excluding carboxylic acids is 5. The molecule has 2 heterocycles. The number of pyridine rings is 1. The highest BCUT2D eigenvalue weighted by molar-refractivity contribution is 5.98. The van der Waals surface area contributed by atoms with E-state index in [4.69, 9.17) is 0 Å². The number of β-amino-alcohol motifs (C(OH)–C–C–N with tert-alkyl or cyclic N) is 1. The minimum atomic E-state index is -1.02. The second-order valence-electron chi connectivity index (χ2n) is 11.5. The van der Waals surface area contributed by atoms with Crippen molar-refractivity contribution in [2.75, 3.05) is 32.7 Å². The minimum absolute atomic E-state index is 0.0222. The highest BCUT2D eigenvalue weighted by Crippen LogP contribution is 2.22. The second kappa shape index (κ2) is 20.0. The number of aromatic nitrogens is 1. The van der Waals surface area contributed by atoms with Gasteiger partial charge in [0.05, 0.1) is 18.2 Å². The van der Waals surface area contributed by atoms with Crippen LogP contribution in [0.4, 0.5) is 0 Å². The number of nitrogens with one attached hydrogen (secondary N) is 3. The summed E-state index contributed by atoms with van der Waals surface area (Å²) in [6.45, 7) is 10.8. The molecule has 1 aromatic rings. The number of nitrogens with zero attached hydrogens (tertiary/aromatic N) is 3. The molecule has 1 saturated heterocycles. The summed E-state index contributed by atoms with van der Waals surface area (Å²) in [4.78, 5) is 71.5. The lowest BCUT2D eigenvalue weighted by Crippen LogP contribution is -2.55. The van der Waals surface area contributed by atoms with Gasteiger partial charge in [-0.05, 0) is 70.9 Å². The van der Waals surface area contributed by atoms with Crippen LogP contribution in [0.3, 0.4) is 0 Å². The molecule has 5 atom stereocenters. The third-order valence-electron chi connectivity index (χ3n) is 8.15. The Bertz CT molecular complexity index is 1100. The topological polar surface area (TPSA) is 181 Å². The Morgan fingerprint density at radius 1 is 1.02 bits per heavy atom. The van der Waals surface area contributed by atoms with Crippen LogP contribution in [0.5, 0.6) is 0 Å². The van der Waals surface area contributed by atoms with E-state index in [0.29, 0.717) is 24.9 Å². The lowest BCUT2D eigenvalue weighted by molar-refractivity contribution is -0.140. The molecular weight excluding hydrogens is 580 g/mol. The molecule has 0 radical (unpaired) electrons. The van der Waals surface area contributed by atoms with Crippen molar-refractivity contribution in [2.45, 2.75) is 110 Å². The number of aliphatic hydroxyl groups is 2. The molecule has 0 aliphatic carbocycles. The summed E-state index contributed by atoms with van der Waals surface area (Å²) in [6, 6.07) is 0.900. The summed E-state index contributed by atoms with van der Waals surface area (Å²) >= 11 is 0. The second-order valence-corrected chi connectivity index (χ2v) is 11.5. The van der Waals surface area contributed by atoms with Crippen molar-refractivity contribution in [1.82, 2.24) is 30.7 Å². The number of likely N-dealkylation sites (tertiary alicyclic amines) is 1. The number of carbonyl (C=O) groups is 5. The van der Waals surface area contributed by atoms with Crippen LogP contribution in [0.15, 0.2) is 24.5 Å². The van der Waals surface area contributed by atoms with E-state index >= 15 is 0 Å². The highest BCUT2D eigenvalue weighted by atomic mass is 16.3. The van der Waals surface area contributed by atoms with Gasteiger partial charge >= 0.3 is 0 Å². The number of likely N-dealkylation sites (N-methyl/N-ethyl adjacent to an activating group) is 1. The summed E-state index contributed by atoms with van der Waals surface area (Å²) in [7, 11) is 0. The van der Waals surface area contributed by atoms with Gasteiger partial charge in [-0.15, -0.1) is 0 Å². The van der Waals surface area contributed by atoms with Crippen LogP contribution in [0.2, 0.25) is 0 Å². The summed E-state index contributed by atoms with van der Waals surface area (Å²) in [5, 5.41) is 29.1. The van der Waals surface area contributed by atoms with Crippen molar-refractivity contribution in [3.63, 3.8) is 0 Å². The normalized spacial score (nSPS) is 18.3. The SMILES string of the molecule is CCNC(O)C1CC(O)CN1C(=O)[C@H](CCCCN(CC)CC)NC(=O)CCC(=O)[C@H](C)NC(=O)CCC(=O)c1cccnc1. The molecule has 1 aromatic heterocycles. The average Bonchev–Trinajstić information content (AvgIpc) is 3.43. The van der Waals surface area contributed by atoms with Crippen molar-refractivity contribution in [3.05, 3.63) is 30.1 Å². The van der Waals surface area contributed by atoms with Gasteiger partial charge in [-0.1, -0.05) is 20.8 Å². The first-order valence-corrected chi connectivity index (χ1v) is 16.2. The Hall–Kier alpha value is -3.26. The average molecular weight is 633 g/mol. The summed E-state index contributed by atoms with van der Waals surface area (Å²) in [6.07, 6.45) is 2.86. The van der Waals surface area contributed by atoms with Crippen molar-refractivity contribution in [3.8, 4) is 0 Å². The van der Waals surface area contributed by atoms with Crippen molar-refractivity contribution < 1.29 is 34.2 Å². The van der Waals surface area contributed by atoms with Gasteiger partial charge < -0.3 is 30.6 Å². The molecular formula is C32H52N6O7. The molecule has 13 nitrogen and oxygen atoms in total. The molecule has 1 aliphatic heterocycles. The number of aliphatic hydroxyl groups excluding tert-OH is 2. The van der Waals surface area contributed by atoms with E-state index in [1.165, 1.54) is 18.0 Å². The molecule has 252 valence electrons. The van der Waals surface area contributed by atoms with Crippen LogP contribution in [-0.4, -0.2) is 117 Å². The first-order valence-electron chi connectivity index (χ1n) is 16.2. The fourth-order valence-corrected chi connectivity index (χ4v) is 5.44. The smallest absolute Gasteiger partial charge is 0.245 e. The van der Waals surface area contributed by atoms with Gasteiger partial charge in [0.15, 0.2) is 11.6 Å². The largest absolute Gasteiger partial charge is 0.391 e. The van der Waals surface area contributed by atoms with Gasteiger partial charge in [0.25, 0.3) is 0 Å². The molecule has 1 aliphatic rings. The number of unbranched alkanes of at least 4 members (excludes halogenated alkanes) is 1. The molecule has 2 rings (SSSR count). The Labute approximate surface area is 266 Å². The van der Waals surface area contributed by atoms with Crippen molar-refractivity contribution in [2.24, 2.45) is 0 Å². The molecule has 0 bridgehead atoms. The fourth-order valence-electron chi connectivity index (χ4n) is 5.44. The summed E-state index contributed by atoms with van der Waals surface area (Å²) in [5.41, 5.74) is 0.409. The molecule has 1 fully saturated rings. The molecule has 13 heteroatoms. The van der Waals surface area contributed by atoms with Gasteiger partial charge in [0.2, 0.25) is 17.7 Å². The number of hydrogen-bond acceptors (Lipinski definition) is 10. The van der Waals surface area contributed by atoms with Gasteiger partial charge in [0, 0.05) is 50.2 Å². The fraction of sp³-hybridized carbons (Fsp3) is 0.688. The molecule has 0 spiro atoms. The van der Waals surface area contributed by atoms with Gasteiger partial charge in [0.1, 0.15) is 12.3 Å². The Morgan fingerprint density at radius 3 is 2.36 bits per heavy atom. The number of amides is 3. The maximum atomic E-state index is 13.7. The van der Waals surface area contributed by atoms with E-state index in [0.717, 1.165) is 26.1 Å². The van der Waals surface area contributed by atoms with Crippen LogP contribution < -0.4 is 16.0 Å². The molecule has 5 N–H and O–H groups in total. The standard InChI is InChI=1S/C32H52N6O7/c1-5-34-31(44)26-19-24(39)21-38(26)32(45)25(12-8-9-18-37(6-2)7-3)36-30(43)15-13-27(40)22(4)35-29(42)16-14-28(41)23-11-10-17-33-20-23/h10-11,17,20,22,24-26,31,34,39,44H,5-9,12-16,18-19,21H2,1-4H3,(H,35,42)(H,36,43)/t22-,24?,25-,26?,31?/m0/s1. The van der Waals surface area contributed by atoms with Crippen LogP contribution in [-0.2, 0) is 19.2 Å². The van der Waals surface area contributed by atoms with Crippen LogP contribution in [0.25, 0.3) is 0 Å². The molecule has 0 saturated carbocycles. The van der Waals surface area contributed by atoms with Gasteiger partial charge in [-0.2, -0.15) is 0 Å². The quantitative estimate of drug-likeness (QED) is 0.0738. The lowest BCUT2D eigenvalue weighted by atomic mass is 10.0. The zero-order valence-corrected chi connectivity index (χ0v) is 27.2. The molecule has 3 unspecified atom stereocenters. The predicted octanol–water partition coefficient (Wildman–Crippen LogP) is 0.785. The minimum Gasteiger partial charge on any atom is -0.391 e. The number of hydrogen-bond donors (Lipinski definition) is 5. The maximum Gasteiger partial charge on any atom is 0.245 e. The summed E-state index contributed by atoms with van der Waals surface area (Å²) in [5.74, 6) is -1.88. The highest BCUT2D eigenvalue weighted by Gasteiger charge is 2.41. The van der Waals surface area contributed by atoms with E-state index in [2.05, 4.69) is 39.7 Å². The van der Waals surface area contributed by atoms with Crippen LogP contribution in [0, 0.1) is 0 Å². The van der Waals surface area contributed by atoms with Crippen LogP contribution >= 0.6 is 0 Å². The third-order valence-corrected chi connectivity index (χ3v) is 8.15. The van der Waals surface area contributed by atoms with E-state index in [1.807, 2.05) is 6.92 Å². The van der Waals surface area contributed by atoms with Crippen molar-refractivity contribution >= 4 is 29.3 Å². The number of rotatable bonds is 21. The monoisotopic (exact) mass is 632 g/mol.